The number of nitrogens with one attached hydrogen (secondary N) is 1. The first-order valence-corrected chi connectivity index (χ1v) is 7.37. The summed E-state index contributed by atoms with van der Waals surface area (Å²) in [6.07, 6.45) is 4.55. The molecule has 1 aliphatic carbocycles. The van der Waals surface area contributed by atoms with Gasteiger partial charge in [0.15, 0.2) is 0 Å². The zero-order chi connectivity index (χ0) is 14.7. The number of carbonyl (C=O) groups excluding carboxylic acids is 1. The molecule has 2 N–H and O–H groups in total. The molecular weight excluding hydrogens is 260 g/mol. The Hall–Kier alpha value is -1.30. The van der Waals surface area contributed by atoms with Crippen LogP contribution in [0.4, 0.5) is 4.79 Å². The summed E-state index contributed by atoms with van der Waals surface area (Å²) in [6.45, 7) is 2.39. The van der Waals surface area contributed by atoms with Gasteiger partial charge in [-0.3, -0.25) is 0 Å². The number of hydrogen-bond acceptors (Lipinski definition) is 3. The highest BCUT2D eigenvalue weighted by atomic mass is 16.5. The van der Waals surface area contributed by atoms with Gasteiger partial charge in [-0.15, -0.1) is 0 Å². The van der Waals surface area contributed by atoms with E-state index in [1.807, 2.05) is 6.92 Å². The molecule has 6 nitrogen and oxygen atoms in total. The minimum Gasteiger partial charge on any atom is -0.480 e. The maximum atomic E-state index is 12.3. The first-order chi connectivity index (χ1) is 9.55. The molecule has 20 heavy (non-hydrogen) atoms. The second-order valence-electron chi connectivity index (χ2n) is 5.83. The number of ether oxygens (including phenoxy) is 1. The first-order valence-electron chi connectivity index (χ1n) is 7.37. The summed E-state index contributed by atoms with van der Waals surface area (Å²) < 4.78 is 5.19. The van der Waals surface area contributed by atoms with Crippen LogP contribution >= 0.6 is 0 Å². The summed E-state index contributed by atoms with van der Waals surface area (Å²) in [7, 11) is 1.55. The lowest BCUT2D eigenvalue weighted by molar-refractivity contribution is -0.141. The van der Waals surface area contributed by atoms with Crippen molar-refractivity contribution in [2.24, 2.45) is 5.92 Å². The molecule has 2 rings (SSSR count). The van der Waals surface area contributed by atoms with Gasteiger partial charge in [0.1, 0.15) is 6.04 Å². The highest BCUT2D eigenvalue weighted by Crippen LogP contribution is 2.34. The number of likely N-dealkylation sites (tertiary alicyclic amines) is 1. The lowest BCUT2D eigenvalue weighted by Gasteiger charge is -2.25. The number of aliphatic carboxylic acids is 1. The Morgan fingerprint density at radius 1 is 1.45 bits per heavy atom. The molecular formula is C14H24N2O4. The zero-order valence-corrected chi connectivity index (χ0v) is 12.2. The molecule has 114 valence electrons. The molecule has 1 heterocycles. The van der Waals surface area contributed by atoms with Crippen LogP contribution in [0.15, 0.2) is 0 Å². The van der Waals surface area contributed by atoms with Gasteiger partial charge in [-0.25, -0.2) is 9.59 Å². The molecule has 1 saturated heterocycles. The van der Waals surface area contributed by atoms with E-state index in [4.69, 9.17) is 4.74 Å². The molecule has 2 aliphatic rings. The number of carboxylic acid groups (broad SMARTS) is 1. The van der Waals surface area contributed by atoms with Crippen LogP contribution in [0.5, 0.6) is 0 Å². The molecule has 2 fully saturated rings. The highest BCUT2D eigenvalue weighted by molar-refractivity contribution is 5.83. The quantitative estimate of drug-likeness (QED) is 0.773. The molecule has 0 aromatic carbocycles. The number of hydrogen-bond donors (Lipinski definition) is 2. The second kappa shape index (κ2) is 6.43. The van der Waals surface area contributed by atoms with Gasteiger partial charge in [0.25, 0.3) is 0 Å². The van der Waals surface area contributed by atoms with Gasteiger partial charge in [-0.1, -0.05) is 19.8 Å². The first kappa shape index (κ1) is 15.1. The van der Waals surface area contributed by atoms with Crippen molar-refractivity contribution >= 4 is 12.0 Å². The topological polar surface area (TPSA) is 78.9 Å². The van der Waals surface area contributed by atoms with Crippen molar-refractivity contribution < 1.29 is 19.4 Å². The minimum absolute atomic E-state index is 0.144. The maximum absolute atomic E-state index is 12.3. The predicted molar refractivity (Wildman–Crippen MR) is 73.5 cm³/mol. The molecule has 0 aromatic rings. The van der Waals surface area contributed by atoms with E-state index in [2.05, 4.69) is 5.32 Å². The average Bonchev–Trinajstić information content (AvgIpc) is 3.12. The maximum Gasteiger partial charge on any atom is 0.326 e. The van der Waals surface area contributed by atoms with Crippen LogP contribution in [0, 0.1) is 5.92 Å². The van der Waals surface area contributed by atoms with Crippen molar-refractivity contribution in [3.8, 4) is 0 Å². The van der Waals surface area contributed by atoms with E-state index in [-0.39, 0.29) is 18.2 Å². The fraction of sp³-hybridized carbons (Fsp3) is 0.857. The Bertz CT molecular complexity index is 370. The summed E-state index contributed by atoms with van der Waals surface area (Å²) in [5, 5.41) is 12.2. The monoisotopic (exact) mass is 284 g/mol. The number of carbonyl (C=O) groups is 2. The van der Waals surface area contributed by atoms with Gasteiger partial charge in [-0.05, 0) is 18.8 Å². The third kappa shape index (κ3) is 3.62. The van der Waals surface area contributed by atoms with Gasteiger partial charge in [0.2, 0.25) is 0 Å². The van der Waals surface area contributed by atoms with E-state index >= 15 is 0 Å². The van der Waals surface area contributed by atoms with E-state index < -0.39 is 12.0 Å². The fourth-order valence-electron chi connectivity index (χ4n) is 2.77. The summed E-state index contributed by atoms with van der Waals surface area (Å²) in [4.78, 5) is 24.9. The second-order valence-corrected chi connectivity index (χ2v) is 5.83. The molecule has 0 spiro atoms. The number of urea groups is 1. The smallest absolute Gasteiger partial charge is 0.326 e. The van der Waals surface area contributed by atoms with Crippen LogP contribution in [-0.4, -0.2) is 53.8 Å². The van der Waals surface area contributed by atoms with Crippen molar-refractivity contribution in [2.45, 2.75) is 57.2 Å². The van der Waals surface area contributed by atoms with Crippen LogP contribution < -0.4 is 5.32 Å². The lowest BCUT2D eigenvalue weighted by atomic mass is 10.1. The fourth-order valence-corrected chi connectivity index (χ4v) is 2.77. The molecule has 3 atom stereocenters. The Labute approximate surface area is 119 Å². The highest BCUT2D eigenvalue weighted by Gasteiger charge is 2.40. The van der Waals surface area contributed by atoms with Gasteiger partial charge < -0.3 is 20.1 Å². The summed E-state index contributed by atoms with van der Waals surface area (Å²) >= 11 is 0. The van der Waals surface area contributed by atoms with Gasteiger partial charge >= 0.3 is 12.0 Å². The number of methoxy groups -OCH3 is 1. The number of rotatable bonds is 6. The van der Waals surface area contributed by atoms with Crippen molar-refractivity contribution in [1.29, 1.82) is 0 Å². The number of amides is 2. The molecule has 6 heteroatoms. The minimum atomic E-state index is -0.963. The summed E-state index contributed by atoms with van der Waals surface area (Å²) in [6, 6.07) is -0.908. The van der Waals surface area contributed by atoms with Crippen LogP contribution in [-0.2, 0) is 9.53 Å². The van der Waals surface area contributed by atoms with Crippen LogP contribution in [0.25, 0.3) is 0 Å². The largest absolute Gasteiger partial charge is 0.480 e. The average molecular weight is 284 g/mol. The number of nitrogens with zero attached hydrogens (tertiary/aromatic N) is 1. The van der Waals surface area contributed by atoms with Gasteiger partial charge in [0.05, 0.1) is 6.10 Å². The van der Waals surface area contributed by atoms with Crippen molar-refractivity contribution in [2.75, 3.05) is 13.7 Å². The molecule has 0 radical (unpaired) electrons. The Morgan fingerprint density at radius 3 is 2.65 bits per heavy atom. The molecule has 0 aromatic heterocycles. The van der Waals surface area contributed by atoms with E-state index in [0.29, 0.717) is 13.0 Å². The van der Waals surface area contributed by atoms with E-state index in [1.54, 1.807) is 7.11 Å². The Kier molecular flexibility index (Phi) is 4.86. The summed E-state index contributed by atoms with van der Waals surface area (Å²) in [5.41, 5.74) is 0. The normalized spacial score (nSPS) is 27.4. The molecule has 1 saturated carbocycles. The zero-order valence-electron chi connectivity index (χ0n) is 12.2. The lowest BCUT2D eigenvalue weighted by Crippen LogP contribution is -2.49. The SMILES string of the molecule is CCC(CC1CC1)NC(=O)N1CC(OC)CC1C(=O)O. The van der Waals surface area contributed by atoms with Gasteiger partial charge in [-0.2, -0.15) is 0 Å². The van der Waals surface area contributed by atoms with E-state index in [0.717, 1.165) is 18.8 Å². The standard InChI is InChI=1S/C14H24N2O4/c1-3-10(6-9-4-5-9)15-14(19)16-8-11(20-2)7-12(16)13(17)18/h9-12H,3-8H2,1-2H3,(H,15,19)(H,17,18). The third-order valence-corrected chi connectivity index (χ3v) is 4.28. The Morgan fingerprint density at radius 2 is 2.15 bits per heavy atom. The molecule has 2 amide bonds. The van der Waals surface area contributed by atoms with Crippen LogP contribution in [0.3, 0.4) is 0 Å². The molecule has 0 bridgehead atoms. The predicted octanol–water partition coefficient (Wildman–Crippen LogP) is 1.45. The van der Waals surface area contributed by atoms with Crippen molar-refractivity contribution in [3.05, 3.63) is 0 Å². The molecule has 3 unspecified atom stereocenters. The number of carboxylic acids is 1. The Balaban J connectivity index is 1.93. The van der Waals surface area contributed by atoms with E-state index in [9.17, 15) is 14.7 Å². The summed E-state index contributed by atoms with van der Waals surface area (Å²) in [5.74, 6) is -0.226. The van der Waals surface area contributed by atoms with E-state index in [1.165, 1.54) is 17.7 Å². The van der Waals surface area contributed by atoms with Crippen molar-refractivity contribution in [3.63, 3.8) is 0 Å². The third-order valence-electron chi connectivity index (χ3n) is 4.28. The van der Waals surface area contributed by atoms with Crippen LogP contribution in [0.2, 0.25) is 0 Å². The van der Waals surface area contributed by atoms with Crippen LogP contribution in [0.1, 0.15) is 39.0 Å². The molecule has 1 aliphatic heterocycles. The van der Waals surface area contributed by atoms with Crippen molar-refractivity contribution in [1.82, 2.24) is 10.2 Å². The van der Waals surface area contributed by atoms with Gasteiger partial charge in [0, 0.05) is 26.1 Å².